The molecule has 0 aliphatic heterocycles. The molecule has 6 nitrogen and oxygen atoms in total. The number of benzene rings is 7. The van der Waals surface area contributed by atoms with Crippen molar-refractivity contribution in [3.05, 3.63) is 179 Å². The van der Waals surface area contributed by atoms with Crippen LogP contribution in [0.4, 0.5) is 0 Å². The van der Waals surface area contributed by atoms with Crippen LogP contribution >= 0.6 is 0 Å². The molecule has 7 aromatic rings. The second-order valence-corrected chi connectivity index (χ2v) is 12.4. The van der Waals surface area contributed by atoms with Crippen molar-refractivity contribution in [2.24, 2.45) is 0 Å². The first-order valence-corrected chi connectivity index (χ1v) is 16.8. The van der Waals surface area contributed by atoms with Crippen molar-refractivity contribution >= 4 is 0 Å². The van der Waals surface area contributed by atoms with E-state index in [9.17, 15) is 31.6 Å². The lowest BCUT2D eigenvalue weighted by molar-refractivity contribution is 1.45. The Morgan fingerprint density at radius 2 is 0.296 bits per heavy atom. The summed E-state index contributed by atoms with van der Waals surface area (Å²) in [7, 11) is 0. The Labute approximate surface area is 312 Å². The maximum absolute atomic E-state index is 9.77. The molecule has 0 unspecified atom stereocenters. The fraction of sp³-hybridized carbons (Fsp3) is 0. The van der Waals surface area contributed by atoms with E-state index in [0.29, 0.717) is 33.4 Å². The summed E-state index contributed by atoms with van der Waals surface area (Å²) in [4.78, 5) is 0. The van der Waals surface area contributed by atoms with Gasteiger partial charge in [-0.15, -0.1) is 0 Å². The number of rotatable bonds is 6. The molecule has 7 aromatic carbocycles. The minimum Gasteiger partial charge on any atom is -0.192 e. The van der Waals surface area contributed by atoms with Gasteiger partial charge in [0, 0.05) is 0 Å². The molecule has 6 heteroatoms. The Morgan fingerprint density at radius 3 is 0.389 bits per heavy atom. The molecule has 0 atom stereocenters. The van der Waals surface area contributed by atoms with Gasteiger partial charge in [0.1, 0.15) is 0 Å². The predicted octanol–water partition coefficient (Wildman–Crippen LogP) is 10.9. The van der Waals surface area contributed by atoms with Gasteiger partial charge in [-0.2, -0.15) is 31.6 Å². The largest absolute Gasteiger partial charge is 0.192 e. The minimum atomic E-state index is 0.493. The van der Waals surface area contributed by atoms with Gasteiger partial charge in [-0.3, -0.25) is 0 Å². The summed E-state index contributed by atoms with van der Waals surface area (Å²) in [6.45, 7) is 0. The smallest absolute Gasteiger partial charge is 0.0991 e. The molecule has 0 saturated carbocycles. The van der Waals surface area contributed by atoms with Gasteiger partial charge in [0.25, 0.3) is 0 Å². The van der Waals surface area contributed by atoms with Crippen molar-refractivity contribution in [2.75, 3.05) is 0 Å². The molecule has 0 saturated heterocycles. The van der Waals surface area contributed by atoms with Crippen LogP contribution in [0.2, 0.25) is 0 Å². The van der Waals surface area contributed by atoms with E-state index >= 15 is 0 Å². The number of hydrogen-bond donors (Lipinski definition) is 0. The zero-order valence-electron chi connectivity index (χ0n) is 28.5. The van der Waals surface area contributed by atoms with Crippen molar-refractivity contribution in [3.63, 3.8) is 0 Å². The lowest BCUT2D eigenvalue weighted by Gasteiger charge is -2.29. The Hall–Kier alpha value is -8.52. The van der Waals surface area contributed by atoms with E-state index in [0.717, 1.165) is 66.8 Å². The molecule has 0 bridgehead atoms. The van der Waals surface area contributed by atoms with E-state index in [2.05, 4.69) is 36.4 Å². The normalized spacial score (nSPS) is 10.1. The van der Waals surface area contributed by atoms with E-state index in [1.807, 2.05) is 72.8 Å². The van der Waals surface area contributed by atoms with Crippen molar-refractivity contribution in [3.8, 4) is 103 Å². The van der Waals surface area contributed by atoms with Gasteiger partial charge in [0.2, 0.25) is 0 Å². The van der Waals surface area contributed by atoms with Crippen molar-refractivity contribution in [1.82, 2.24) is 0 Å². The predicted molar refractivity (Wildman–Crippen MR) is 207 cm³/mol. The number of nitriles is 6. The van der Waals surface area contributed by atoms with Crippen LogP contribution in [0.15, 0.2) is 146 Å². The van der Waals surface area contributed by atoms with Crippen molar-refractivity contribution < 1.29 is 0 Å². The van der Waals surface area contributed by atoms with Crippen molar-refractivity contribution in [2.45, 2.75) is 0 Å². The molecule has 246 valence electrons. The first kappa shape index (κ1) is 34.0. The SMILES string of the molecule is N#Cc1ccc(-c2c(-c3ccc(C#N)cc3)c(-c3ccc(C#N)cc3)c(-c3ccc(C#N)cc3)c(-c3ccc(C#N)cc3)c2-c2ccc(C#N)cc2)cc1. The Kier molecular flexibility index (Phi) is 9.28. The van der Waals surface area contributed by atoms with Crippen LogP contribution in [0.25, 0.3) is 66.8 Å². The molecule has 0 aromatic heterocycles. The van der Waals surface area contributed by atoms with E-state index < -0.39 is 0 Å². The quantitative estimate of drug-likeness (QED) is 0.170. The molecule has 0 spiro atoms. The molecule has 0 radical (unpaired) electrons. The third kappa shape index (κ3) is 6.31. The molecular formula is C48H24N6. The van der Waals surface area contributed by atoms with E-state index in [-0.39, 0.29) is 0 Å². The van der Waals surface area contributed by atoms with E-state index in [1.54, 1.807) is 72.8 Å². The average Bonchev–Trinajstić information content (AvgIpc) is 3.25. The van der Waals surface area contributed by atoms with E-state index in [4.69, 9.17) is 0 Å². The van der Waals surface area contributed by atoms with Crippen LogP contribution in [0.1, 0.15) is 33.4 Å². The molecular weight excluding hydrogens is 661 g/mol. The van der Waals surface area contributed by atoms with Gasteiger partial charge in [-0.25, -0.2) is 0 Å². The molecule has 54 heavy (non-hydrogen) atoms. The lowest BCUT2D eigenvalue weighted by Crippen LogP contribution is -2.02. The summed E-state index contributed by atoms with van der Waals surface area (Å²) in [5.74, 6) is 0. The third-order valence-corrected chi connectivity index (χ3v) is 9.32. The zero-order chi connectivity index (χ0) is 37.6. The summed E-state index contributed by atoms with van der Waals surface area (Å²) in [6.07, 6.45) is 0. The summed E-state index contributed by atoms with van der Waals surface area (Å²) in [5.41, 5.74) is 12.8. The highest BCUT2D eigenvalue weighted by molar-refractivity contribution is 6.15. The van der Waals surface area contributed by atoms with Gasteiger partial charge >= 0.3 is 0 Å². The lowest BCUT2D eigenvalue weighted by atomic mass is 9.74. The minimum absolute atomic E-state index is 0.493. The molecule has 0 heterocycles. The Morgan fingerprint density at radius 1 is 0.185 bits per heavy atom. The monoisotopic (exact) mass is 684 g/mol. The standard InChI is InChI=1S/C48H24N6/c49-25-31-1-13-37(14-2-31)43-44(38-15-3-32(26-50)4-16-38)46(40-19-7-34(28-52)8-20-40)48(42-23-11-36(30-54)12-24-42)47(41-21-9-35(29-53)10-22-41)45(43)39-17-5-33(27-51)6-18-39/h1-24H. The van der Waals surface area contributed by atoms with Gasteiger partial charge in [-0.1, -0.05) is 72.8 Å². The summed E-state index contributed by atoms with van der Waals surface area (Å²) < 4.78 is 0. The fourth-order valence-electron chi connectivity index (χ4n) is 6.75. The highest BCUT2D eigenvalue weighted by Gasteiger charge is 2.29. The zero-order valence-corrected chi connectivity index (χ0v) is 28.5. The summed E-state index contributed by atoms with van der Waals surface area (Å²) in [5, 5.41) is 58.6. The van der Waals surface area contributed by atoms with E-state index in [1.165, 1.54) is 0 Å². The van der Waals surface area contributed by atoms with Gasteiger partial charge in [0.05, 0.1) is 69.8 Å². The second-order valence-electron chi connectivity index (χ2n) is 12.4. The fourth-order valence-corrected chi connectivity index (χ4v) is 6.75. The maximum Gasteiger partial charge on any atom is 0.0991 e. The molecule has 0 fully saturated rings. The van der Waals surface area contributed by atoms with Crippen LogP contribution in [-0.2, 0) is 0 Å². The van der Waals surface area contributed by atoms with Crippen LogP contribution in [-0.4, -0.2) is 0 Å². The first-order valence-electron chi connectivity index (χ1n) is 16.8. The van der Waals surface area contributed by atoms with Crippen molar-refractivity contribution in [1.29, 1.82) is 31.6 Å². The molecule has 7 rings (SSSR count). The van der Waals surface area contributed by atoms with Crippen LogP contribution in [0.3, 0.4) is 0 Å². The highest BCUT2D eigenvalue weighted by Crippen LogP contribution is 2.56. The topological polar surface area (TPSA) is 143 Å². The maximum atomic E-state index is 9.77. The summed E-state index contributed by atoms with van der Waals surface area (Å²) >= 11 is 0. The van der Waals surface area contributed by atoms with Gasteiger partial charge < -0.3 is 0 Å². The molecule has 0 amide bonds. The molecule has 0 aliphatic carbocycles. The highest BCUT2D eigenvalue weighted by atomic mass is 14.3. The molecule has 0 N–H and O–H groups in total. The first-order chi connectivity index (χ1) is 26.5. The Bertz CT molecular complexity index is 2270. The number of nitrogens with zero attached hydrogens (tertiary/aromatic N) is 6. The average molecular weight is 685 g/mol. The van der Waals surface area contributed by atoms with Crippen LogP contribution < -0.4 is 0 Å². The van der Waals surface area contributed by atoms with Gasteiger partial charge in [-0.05, 0) is 140 Å². The van der Waals surface area contributed by atoms with Crippen LogP contribution in [0, 0.1) is 68.0 Å². The third-order valence-electron chi connectivity index (χ3n) is 9.32. The summed E-state index contributed by atoms with van der Waals surface area (Å²) in [6, 6.07) is 57.7. The number of hydrogen-bond acceptors (Lipinski definition) is 6. The Balaban J connectivity index is 1.81. The van der Waals surface area contributed by atoms with Crippen LogP contribution in [0.5, 0.6) is 0 Å². The molecule has 0 aliphatic rings. The van der Waals surface area contributed by atoms with Gasteiger partial charge in [0.15, 0.2) is 0 Å². The second kappa shape index (κ2) is 14.8.